The van der Waals surface area contributed by atoms with Gasteiger partial charge in [0.1, 0.15) is 6.61 Å². The summed E-state index contributed by atoms with van der Waals surface area (Å²) in [5.41, 5.74) is 0. The van der Waals surface area contributed by atoms with Gasteiger partial charge in [-0.3, -0.25) is 0 Å². The van der Waals surface area contributed by atoms with Crippen molar-refractivity contribution in [2.24, 2.45) is 0 Å². The molecule has 0 saturated carbocycles. The normalized spacial score (nSPS) is 18.2. The maximum Gasteiger partial charge on any atom is 0.407 e. The lowest BCUT2D eigenvalue weighted by atomic mass is 10.2. The van der Waals surface area contributed by atoms with Crippen molar-refractivity contribution in [1.82, 2.24) is 5.32 Å². The van der Waals surface area contributed by atoms with Crippen LogP contribution in [0.25, 0.3) is 0 Å². The van der Waals surface area contributed by atoms with Crippen LogP contribution in [-0.4, -0.2) is 25.3 Å². The van der Waals surface area contributed by atoms with Gasteiger partial charge in [-0.15, -0.1) is 0 Å². The number of carbonyl (C=O) groups is 1. The second-order valence-electron chi connectivity index (χ2n) is 3.62. The van der Waals surface area contributed by atoms with Crippen LogP contribution in [0, 0.1) is 29.1 Å². The summed E-state index contributed by atoms with van der Waals surface area (Å²) in [6, 6.07) is 0. The van der Waals surface area contributed by atoms with E-state index in [2.05, 4.69) is 14.8 Å². The quantitative estimate of drug-likeness (QED) is 0.523. The first-order valence-electron chi connectivity index (χ1n) is 5.00. The summed E-state index contributed by atoms with van der Waals surface area (Å²) in [6.07, 6.45) is -1.63. The number of rotatable bonds is 3. The fraction of sp³-hybridized carbons (Fsp3) is 0.300. The van der Waals surface area contributed by atoms with Crippen LogP contribution < -0.4 is 10.1 Å². The topological polar surface area (TPSA) is 47.6 Å². The first kappa shape index (κ1) is 13.4. The fourth-order valence-electron chi connectivity index (χ4n) is 1.41. The number of hydrogen-bond acceptors (Lipinski definition) is 3. The molecule has 1 heterocycles. The van der Waals surface area contributed by atoms with Crippen molar-refractivity contribution in [3.05, 3.63) is 29.1 Å². The molecule has 4 nitrogen and oxygen atoms in total. The third-order valence-corrected chi connectivity index (χ3v) is 2.33. The molecule has 0 spiro atoms. The average molecular weight is 283 g/mol. The summed E-state index contributed by atoms with van der Waals surface area (Å²) in [7, 11) is 0. The van der Waals surface area contributed by atoms with Crippen molar-refractivity contribution in [2.45, 2.75) is 6.10 Å². The van der Waals surface area contributed by atoms with Gasteiger partial charge >= 0.3 is 6.09 Å². The first-order valence-corrected chi connectivity index (χ1v) is 5.00. The standard InChI is InChI=1S/C10H6F5NO3/c11-4-5(12)7(14)9(8(15)6(4)13)18-2-3-1-16-10(17)19-3/h3H,1-2H2,(H,16,17). The van der Waals surface area contributed by atoms with Gasteiger partial charge in [0, 0.05) is 0 Å². The maximum absolute atomic E-state index is 13.2. The second kappa shape index (κ2) is 4.90. The molecule has 1 amide bonds. The molecule has 1 fully saturated rings. The molecule has 0 radical (unpaired) electrons. The zero-order valence-corrected chi connectivity index (χ0v) is 9.11. The smallest absolute Gasteiger partial charge is 0.407 e. The number of benzene rings is 1. The monoisotopic (exact) mass is 283 g/mol. The summed E-state index contributed by atoms with van der Waals surface area (Å²) >= 11 is 0. The molecule has 9 heteroatoms. The van der Waals surface area contributed by atoms with E-state index in [0.29, 0.717) is 0 Å². The van der Waals surface area contributed by atoms with Crippen LogP contribution in [0.3, 0.4) is 0 Å². The Morgan fingerprint density at radius 1 is 1.05 bits per heavy atom. The van der Waals surface area contributed by atoms with E-state index in [4.69, 9.17) is 0 Å². The van der Waals surface area contributed by atoms with Crippen molar-refractivity contribution in [1.29, 1.82) is 0 Å². The zero-order valence-electron chi connectivity index (χ0n) is 9.11. The van der Waals surface area contributed by atoms with Crippen molar-refractivity contribution in [2.75, 3.05) is 13.2 Å². The highest BCUT2D eigenvalue weighted by Gasteiger charge is 2.29. The molecule has 1 atom stereocenters. The molecule has 0 aromatic heterocycles. The van der Waals surface area contributed by atoms with E-state index in [-0.39, 0.29) is 6.54 Å². The van der Waals surface area contributed by atoms with Crippen LogP contribution in [0.5, 0.6) is 5.75 Å². The zero-order chi connectivity index (χ0) is 14.2. The third kappa shape index (κ3) is 2.40. The molecule has 1 aliphatic heterocycles. The minimum Gasteiger partial charge on any atom is -0.483 e. The number of cyclic esters (lactones) is 1. The molecular weight excluding hydrogens is 277 g/mol. The number of hydrogen-bond donors (Lipinski definition) is 1. The van der Waals surface area contributed by atoms with Gasteiger partial charge in [0.05, 0.1) is 6.54 Å². The number of alkyl carbamates (subject to hydrolysis) is 1. The summed E-state index contributed by atoms with van der Waals surface area (Å²) in [5.74, 6) is -12.0. The minimum absolute atomic E-state index is 0.00817. The highest BCUT2D eigenvalue weighted by Crippen LogP contribution is 2.29. The molecule has 1 aromatic carbocycles. The second-order valence-corrected chi connectivity index (χ2v) is 3.62. The lowest BCUT2D eigenvalue weighted by Gasteiger charge is -2.12. The average Bonchev–Trinajstić information content (AvgIpc) is 2.80. The van der Waals surface area contributed by atoms with E-state index in [0.717, 1.165) is 0 Å². The Kier molecular flexibility index (Phi) is 3.45. The van der Waals surface area contributed by atoms with Gasteiger partial charge in [0.15, 0.2) is 11.9 Å². The summed E-state index contributed by atoms with van der Waals surface area (Å²) < 4.78 is 73.8. The summed E-state index contributed by atoms with van der Waals surface area (Å²) in [6.45, 7) is -0.536. The van der Waals surface area contributed by atoms with Gasteiger partial charge in [-0.2, -0.15) is 8.78 Å². The van der Waals surface area contributed by atoms with Crippen LogP contribution in [-0.2, 0) is 4.74 Å². The molecule has 19 heavy (non-hydrogen) atoms. The van der Waals surface area contributed by atoms with E-state index in [9.17, 15) is 26.7 Å². The molecule has 0 aliphatic carbocycles. The Labute approximate surface area is 103 Å². The fourth-order valence-corrected chi connectivity index (χ4v) is 1.41. The van der Waals surface area contributed by atoms with Crippen molar-refractivity contribution in [3.63, 3.8) is 0 Å². The van der Waals surface area contributed by atoms with E-state index in [1.54, 1.807) is 0 Å². The lowest BCUT2D eigenvalue weighted by molar-refractivity contribution is 0.100. The Balaban J connectivity index is 2.18. The number of halogens is 5. The van der Waals surface area contributed by atoms with E-state index in [1.807, 2.05) is 0 Å². The molecule has 2 rings (SSSR count). The molecule has 1 aliphatic rings. The van der Waals surface area contributed by atoms with Gasteiger partial charge in [-0.25, -0.2) is 18.0 Å². The predicted octanol–water partition coefficient (Wildman–Crippen LogP) is 1.87. The van der Waals surface area contributed by atoms with Crippen LogP contribution in [0.1, 0.15) is 0 Å². The number of carbonyl (C=O) groups excluding carboxylic acids is 1. The van der Waals surface area contributed by atoms with Crippen LogP contribution >= 0.6 is 0 Å². The number of nitrogens with one attached hydrogen (secondary N) is 1. The SMILES string of the molecule is O=C1NCC(COc2c(F)c(F)c(F)c(F)c2F)O1. The minimum atomic E-state index is -2.27. The van der Waals surface area contributed by atoms with Crippen LogP contribution in [0.15, 0.2) is 0 Å². The number of ether oxygens (including phenoxy) is 2. The molecule has 1 aromatic rings. The highest BCUT2D eigenvalue weighted by molar-refractivity contribution is 5.69. The largest absolute Gasteiger partial charge is 0.483 e. The van der Waals surface area contributed by atoms with Crippen molar-refractivity contribution < 1.29 is 36.2 Å². The highest BCUT2D eigenvalue weighted by atomic mass is 19.2. The molecular formula is C10H6F5NO3. The third-order valence-electron chi connectivity index (χ3n) is 2.33. The lowest BCUT2D eigenvalue weighted by Crippen LogP contribution is -2.23. The summed E-state index contributed by atoms with van der Waals surface area (Å²) in [4.78, 5) is 10.6. The Bertz CT molecular complexity index is 507. The van der Waals surface area contributed by atoms with E-state index < -0.39 is 53.6 Å². The first-order chi connectivity index (χ1) is 8.91. The van der Waals surface area contributed by atoms with Crippen molar-refractivity contribution >= 4 is 6.09 Å². The Hall–Kier alpha value is -2.06. The molecule has 1 saturated heterocycles. The molecule has 0 bridgehead atoms. The van der Waals surface area contributed by atoms with Gasteiger partial charge in [-0.05, 0) is 0 Å². The van der Waals surface area contributed by atoms with E-state index >= 15 is 0 Å². The van der Waals surface area contributed by atoms with Crippen LogP contribution in [0.4, 0.5) is 26.7 Å². The van der Waals surface area contributed by atoms with Gasteiger partial charge < -0.3 is 14.8 Å². The van der Waals surface area contributed by atoms with Gasteiger partial charge in [0.2, 0.25) is 29.1 Å². The predicted molar refractivity (Wildman–Crippen MR) is 50.0 cm³/mol. The Morgan fingerprint density at radius 2 is 1.58 bits per heavy atom. The molecule has 104 valence electrons. The van der Waals surface area contributed by atoms with Gasteiger partial charge in [-0.1, -0.05) is 0 Å². The number of amides is 1. The van der Waals surface area contributed by atoms with Gasteiger partial charge in [0.25, 0.3) is 0 Å². The van der Waals surface area contributed by atoms with Crippen molar-refractivity contribution in [3.8, 4) is 5.75 Å². The van der Waals surface area contributed by atoms with E-state index in [1.165, 1.54) is 0 Å². The van der Waals surface area contributed by atoms with Crippen LogP contribution in [0.2, 0.25) is 0 Å². The maximum atomic E-state index is 13.2. The molecule has 1 N–H and O–H groups in total. The molecule has 1 unspecified atom stereocenters. The summed E-state index contributed by atoms with van der Waals surface area (Å²) in [5, 5.41) is 2.23. The Morgan fingerprint density at radius 3 is 2.05 bits per heavy atom.